The van der Waals surface area contributed by atoms with Crippen LogP contribution in [0.4, 0.5) is 0 Å². The molecule has 4 aromatic rings. The van der Waals surface area contributed by atoms with Gasteiger partial charge in [-0.3, -0.25) is 25.2 Å². The number of hydrogen-bond acceptors (Lipinski definition) is 4. The van der Waals surface area contributed by atoms with Gasteiger partial charge in [0.15, 0.2) is 0 Å². The third-order valence-electron chi connectivity index (χ3n) is 5.60. The van der Waals surface area contributed by atoms with Crippen LogP contribution in [-0.4, -0.2) is 33.5 Å². The minimum Gasteiger partial charge on any atom is -0.340 e. The van der Waals surface area contributed by atoms with Gasteiger partial charge in [-0.15, -0.1) is 0 Å². The number of nitrogens with one attached hydrogen (secondary N) is 3. The third kappa shape index (κ3) is 5.67. The van der Waals surface area contributed by atoms with Gasteiger partial charge in [0.2, 0.25) is 0 Å². The lowest BCUT2D eigenvalue weighted by Crippen LogP contribution is -2.54. The second kappa shape index (κ2) is 11.1. The van der Waals surface area contributed by atoms with Gasteiger partial charge in [-0.25, -0.2) is 4.68 Å². The lowest BCUT2D eigenvalue weighted by atomic mass is 10.0. The minimum atomic E-state index is -0.848. The van der Waals surface area contributed by atoms with Gasteiger partial charge in [0.1, 0.15) is 11.7 Å². The van der Waals surface area contributed by atoms with Gasteiger partial charge in [-0.2, -0.15) is 5.10 Å². The number of aromatic nitrogens is 2. The molecule has 0 radical (unpaired) electrons. The fraction of sp³-hybridized carbons (Fsp3) is 0.143. The number of amides is 3. The summed E-state index contributed by atoms with van der Waals surface area (Å²) in [5, 5.41) is 7.36. The van der Waals surface area contributed by atoms with Crippen molar-refractivity contribution in [1.82, 2.24) is 25.9 Å². The fourth-order valence-electron chi connectivity index (χ4n) is 3.67. The summed E-state index contributed by atoms with van der Waals surface area (Å²) in [6, 6.07) is 26.6. The van der Waals surface area contributed by atoms with E-state index in [1.54, 1.807) is 35.1 Å². The predicted molar refractivity (Wildman–Crippen MR) is 137 cm³/mol. The van der Waals surface area contributed by atoms with Crippen molar-refractivity contribution in [3.8, 4) is 16.9 Å². The highest BCUT2D eigenvalue weighted by molar-refractivity contribution is 6.01. The average Bonchev–Trinajstić information content (AvgIpc) is 3.37. The molecule has 3 aromatic carbocycles. The molecule has 1 atom stereocenters. The standard InChI is InChI=1S/C28H27N5O3/c1-19(2)24(29-26(34)21-14-8-4-9-15-21)28(36)31-30-27(35)23-18-33(22-16-10-5-11-17-22)32-25(23)20-12-6-3-7-13-20/h3-19,24H,1-2H3,(H,29,34)(H,30,35)(H,31,36). The van der Waals surface area contributed by atoms with Gasteiger partial charge in [0, 0.05) is 17.3 Å². The summed E-state index contributed by atoms with van der Waals surface area (Å²) in [7, 11) is 0. The Kier molecular flexibility index (Phi) is 7.55. The molecule has 182 valence electrons. The van der Waals surface area contributed by atoms with Gasteiger partial charge in [0.25, 0.3) is 17.7 Å². The van der Waals surface area contributed by atoms with E-state index in [2.05, 4.69) is 21.3 Å². The van der Waals surface area contributed by atoms with E-state index in [1.165, 1.54) is 0 Å². The van der Waals surface area contributed by atoms with Crippen LogP contribution in [0.1, 0.15) is 34.6 Å². The van der Waals surface area contributed by atoms with E-state index in [0.717, 1.165) is 11.3 Å². The molecule has 0 fully saturated rings. The first-order chi connectivity index (χ1) is 17.4. The zero-order chi connectivity index (χ0) is 25.5. The van der Waals surface area contributed by atoms with Crippen LogP contribution in [0.2, 0.25) is 0 Å². The average molecular weight is 482 g/mol. The number of hydrazine groups is 1. The van der Waals surface area contributed by atoms with E-state index < -0.39 is 17.9 Å². The van der Waals surface area contributed by atoms with Crippen LogP contribution in [0.15, 0.2) is 97.2 Å². The predicted octanol–water partition coefficient (Wildman–Crippen LogP) is 3.75. The SMILES string of the molecule is CC(C)C(NC(=O)c1ccccc1)C(=O)NNC(=O)c1cn(-c2ccccc2)nc1-c1ccccc1. The van der Waals surface area contributed by atoms with Crippen LogP contribution < -0.4 is 16.2 Å². The van der Waals surface area contributed by atoms with Crippen molar-refractivity contribution in [2.75, 3.05) is 0 Å². The molecule has 8 nitrogen and oxygen atoms in total. The maximum absolute atomic E-state index is 13.2. The molecule has 0 aliphatic heterocycles. The van der Waals surface area contributed by atoms with Crippen molar-refractivity contribution >= 4 is 17.7 Å². The van der Waals surface area contributed by atoms with Crippen LogP contribution in [0.25, 0.3) is 16.9 Å². The molecule has 36 heavy (non-hydrogen) atoms. The summed E-state index contributed by atoms with van der Waals surface area (Å²) in [6.45, 7) is 3.63. The second-order valence-electron chi connectivity index (χ2n) is 8.54. The smallest absolute Gasteiger partial charge is 0.273 e. The van der Waals surface area contributed by atoms with Crippen molar-refractivity contribution in [3.05, 3.63) is 108 Å². The molecule has 4 rings (SSSR count). The maximum atomic E-state index is 13.2. The normalized spacial score (nSPS) is 11.5. The molecule has 0 saturated carbocycles. The number of para-hydroxylation sites is 1. The van der Waals surface area contributed by atoms with Crippen LogP contribution in [0.3, 0.4) is 0 Å². The first-order valence-electron chi connectivity index (χ1n) is 11.6. The number of carbonyl (C=O) groups excluding carboxylic acids is 3. The maximum Gasteiger partial charge on any atom is 0.273 e. The Hall–Kier alpha value is -4.72. The van der Waals surface area contributed by atoms with Crippen LogP contribution >= 0.6 is 0 Å². The Labute approximate surface area is 209 Å². The molecular formula is C28H27N5O3. The Balaban J connectivity index is 1.51. The lowest BCUT2D eigenvalue weighted by molar-refractivity contribution is -0.124. The summed E-state index contributed by atoms with van der Waals surface area (Å²) < 4.78 is 1.62. The molecule has 3 amide bonds. The summed E-state index contributed by atoms with van der Waals surface area (Å²) in [5.41, 5.74) is 7.70. The van der Waals surface area contributed by atoms with Crippen molar-refractivity contribution in [1.29, 1.82) is 0 Å². The van der Waals surface area contributed by atoms with Gasteiger partial charge in [-0.1, -0.05) is 80.6 Å². The third-order valence-corrected chi connectivity index (χ3v) is 5.60. The minimum absolute atomic E-state index is 0.213. The molecule has 0 saturated heterocycles. The molecule has 1 heterocycles. The first kappa shape index (κ1) is 24.4. The van der Waals surface area contributed by atoms with Gasteiger partial charge in [0.05, 0.1) is 11.3 Å². The van der Waals surface area contributed by atoms with Gasteiger partial charge in [-0.05, 0) is 30.2 Å². The van der Waals surface area contributed by atoms with Crippen LogP contribution in [-0.2, 0) is 4.79 Å². The number of carbonyl (C=O) groups is 3. The highest BCUT2D eigenvalue weighted by atomic mass is 16.2. The molecule has 8 heteroatoms. The Morgan fingerprint density at radius 1 is 0.750 bits per heavy atom. The van der Waals surface area contributed by atoms with Crippen molar-refractivity contribution in [2.24, 2.45) is 5.92 Å². The summed E-state index contributed by atoms with van der Waals surface area (Å²) in [6.07, 6.45) is 1.62. The van der Waals surface area contributed by atoms with Gasteiger partial charge >= 0.3 is 0 Å². The molecule has 0 spiro atoms. The molecule has 3 N–H and O–H groups in total. The van der Waals surface area contributed by atoms with E-state index in [9.17, 15) is 14.4 Å². The largest absolute Gasteiger partial charge is 0.340 e. The van der Waals surface area contributed by atoms with Crippen molar-refractivity contribution in [3.63, 3.8) is 0 Å². The first-order valence-corrected chi connectivity index (χ1v) is 11.6. The lowest BCUT2D eigenvalue weighted by Gasteiger charge is -2.21. The van der Waals surface area contributed by atoms with E-state index in [4.69, 9.17) is 0 Å². The Morgan fingerprint density at radius 2 is 1.33 bits per heavy atom. The molecule has 0 aliphatic carbocycles. The Morgan fingerprint density at radius 3 is 1.94 bits per heavy atom. The summed E-state index contributed by atoms with van der Waals surface area (Å²) >= 11 is 0. The molecule has 0 aliphatic rings. The topological polar surface area (TPSA) is 105 Å². The number of benzene rings is 3. The van der Waals surface area contributed by atoms with Crippen molar-refractivity contribution < 1.29 is 14.4 Å². The van der Waals surface area contributed by atoms with E-state index >= 15 is 0 Å². The summed E-state index contributed by atoms with van der Waals surface area (Å²) in [5.74, 6) is -1.64. The quantitative estimate of drug-likeness (QED) is 0.350. The van der Waals surface area contributed by atoms with Crippen LogP contribution in [0, 0.1) is 5.92 Å². The molecule has 0 bridgehead atoms. The zero-order valence-electron chi connectivity index (χ0n) is 20.0. The highest BCUT2D eigenvalue weighted by Crippen LogP contribution is 2.23. The number of nitrogens with zero attached hydrogens (tertiary/aromatic N) is 2. The number of rotatable bonds is 7. The van der Waals surface area contributed by atoms with E-state index in [0.29, 0.717) is 16.8 Å². The second-order valence-corrected chi connectivity index (χ2v) is 8.54. The zero-order valence-corrected chi connectivity index (χ0v) is 20.0. The van der Waals surface area contributed by atoms with E-state index in [-0.39, 0.29) is 11.8 Å². The highest BCUT2D eigenvalue weighted by Gasteiger charge is 2.26. The van der Waals surface area contributed by atoms with E-state index in [1.807, 2.05) is 80.6 Å². The monoisotopic (exact) mass is 481 g/mol. The molecule has 1 aromatic heterocycles. The number of hydrogen-bond donors (Lipinski definition) is 3. The molecule has 1 unspecified atom stereocenters. The van der Waals surface area contributed by atoms with Gasteiger partial charge < -0.3 is 5.32 Å². The van der Waals surface area contributed by atoms with Crippen LogP contribution in [0.5, 0.6) is 0 Å². The Bertz CT molecular complexity index is 1340. The fourth-order valence-corrected chi connectivity index (χ4v) is 3.67. The summed E-state index contributed by atoms with van der Waals surface area (Å²) in [4.78, 5) is 38.6. The van der Waals surface area contributed by atoms with Crippen molar-refractivity contribution in [2.45, 2.75) is 19.9 Å². The molecular weight excluding hydrogens is 454 g/mol.